The average molecular weight is 373 g/mol. The van der Waals surface area contributed by atoms with E-state index in [-0.39, 0.29) is 13.5 Å². The number of aromatic nitrogens is 2. The molecule has 140 valence electrons. The van der Waals surface area contributed by atoms with E-state index in [1.165, 1.54) is 22.4 Å². The monoisotopic (exact) mass is 372 g/mol. The zero-order valence-corrected chi connectivity index (χ0v) is 16.6. The molecule has 1 atom stereocenters. The second-order valence-corrected chi connectivity index (χ2v) is 7.03. The maximum absolute atomic E-state index is 5.59. The van der Waals surface area contributed by atoms with Crippen LogP contribution in [0.4, 0.5) is 5.95 Å². The van der Waals surface area contributed by atoms with Crippen LogP contribution in [0.1, 0.15) is 23.7 Å². The molecule has 1 aromatic carbocycles. The van der Waals surface area contributed by atoms with Gasteiger partial charge >= 0.3 is 0 Å². The van der Waals surface area contributed by atoms with Crippen LogP contribution in [0.5, 0.6) is 0 Å². The van der Waals surface area contributed by atoms with Gasteiger partial charge in [-0.25, -0.2) is 9.97 Å². The molecule has 1 fully saturated rings. The van der Waals surface area contributed by atoms with Gasteiger partial charge in [-0.1, -0.05) is 29.8 Å². The van der Waals surface area contributed by atoms with Gasteiger partial charge in [0.05, 0.1) is 30.6 Å². The van der Waals surface area contributed by atoms with Gasteiger partial charge in [-0.3, -0.25) is 0 Å². The van der Waals surface area contributed by atoms with Gasteiger partial charge in [0, 0.05) is 30.6 Å². The fourth-order valence-corrected chi connectivity index (χ4v) is 3.63. The molecule has 0 radical (unpaired) electrons. The summed E-state index contributed by atoms with van der Waals surface area (Å²) in [5, 5.41) is 3.49. The summed E-state index contributed by atoms with van der Waals surface area (Å²) in [5.41, 5.74) is 6.06. The second kappa shape index (κ2) is 8.37. The lowest BCUT2D eigenvalue weighted by atomic mass is 10.0. The van der Waals surface area contributed by atoms with E-state index in [0.717, 1.165) is 57.3 Å². The van der Waals surface area contributed by atoms with E-state index in [4.69, 9.17) is 14.7 Å². The van der Waals surface area contributed by atoms with Gasteiger partial charge in [-0.15, -0.1) is 0 Å². The quantitative estimate of drug-likeness (QED) is 0.878. The summed E-state index contributed by atoms with van der Waals surface area (Å²) in [4.78, 5) is 12.3. The molecule has 0 amide bonds. The van der Waals surface area contributed by atoms with Crippen molar-refractivity contribution in [2.75, 3.05) is 37.7 Å². The molecule has 0 aliphatic carbocycles. The summed E-state index contributed by atoms with van der Waals surface area (Å²) in [5.74, 6) is 0.854. The molecule has 0 spiro atoms. The number of aryl methyl sites for hydroxylation is 1. The van der Waals surface area contributed by atoms with Gasteiger partial charge in [-0.2, -0.15) is 13.5 Å². The van der Waals surface area contributed by atoms with Crippen molar-refractivity contribution in [2.24, 2.45) is 0 Å². The number of fused-ring (bicyclic) bond motifs is 1. The number of nitrogens with zero attached hydrogens (tertiary/aromatic N) is 3. The van der Waals surface area contributed by atoms with Gasteiger partial charge in [0.15, 0.2) is 0 Å². The number of hydrogen-bond donors (Lipinski definition) is 1. The van der Waals surface area contributed by atoms with Crippen LogP contribution in [-0.2, 0) is 17.6 Å². The third-order valence-corrected chi connectivity index (χ3v) is 5.12. The first-order valence-electron chi connectivity index (χ1n) is 9.24. The highest BCUT2D eigenvalue weighted by molar-refractivity contribution is 7.59. The van der Waals surface area contributed by atoms with E-state index >= 15 is 0 Å². The van der Waals surface area contributed by atoms with Crippen molar-refractivity contribution < 1.29 is 4.74 Å². The first-order valence-corrected chi connectivity index (χ1v) is 9.24. The number of ether oxygens (including phenoxy) is 1. The van der Waals surface area contributed by atoms with Crippen molar-refractivity contribution in [3.63, 3.8) is 0 Å². The molecule has 0 unspecified atom stereocenters. The largest absolute Gasteiger partial charge is 0.377 e. The maximum Gasteiger partial charge on any atom is 0.226 e. The normalized spacial score (nSPS) is 20.1. The van der Waals surface area contributed by atoms with E-state index in [9.17, 15) is 0 Å². The molecular weight excluding hydrogens is 344 g/mol. The van der Waals surface area contributed by atoms with Crippen molar-refractivity contribution in [3.05, 3.63) is 41.1 Å². The minimum absolute atomic E-state index is 0. The fraction of sp³-hybridized carbons (Fsp3) is 0.500. The Labute approximate surface area is 162 Å². The Kier molecular flexibility index (Phi) is 6.16. The summed E-state index contributed by atoms with van der Waals surface area (Å²) in [6.07, 6.45) is 1.94. The van der Waals surface area contributed by atoms with E-state index in [2.05, 4.69) is 48.3 Å². The van der Waals surface area contributed by atoms with Crippen LogP contribution < -0.4 is 10.2 Å². The Morgan fingerprint density at radius 1 is 1.12 bits per heavy atom. The van der Waals surface area contributed by atoms with Crippen molar-refractivity contribution in [2.45, 2.75) is 32.7 Å². The molecule has 6 heteroatoms. The summed E-state index contributed by atoms with van der Waals surface area (Å²) in [6.45, 7) is 8.61. The van der Waals surface area contributed by atoms with Crippen LogP contribution in [0.15, 0.2) is 24.3 Å². The molecule has 2 aromatic rings. The van der Waals surface area contributed by atoms with Crippen molar-refractivity contribution in [3.8, 4) is 11.3 Å². The Bertz CT molecular complexity index is 750. The summed E-state index contributed by atoms with van der Waals surface area (Å²) < 4.78 is 5.59. The van der Waals surface area contributed by atoms with Gasteiger partial charge in [0.25, 0.3) is 0 Å². The predicted octanol–water partition coefficient (Wildman–Crippen LogP) is 2.48. The van der Waals surface area contributed by atoms with E-state index < -0.39 is 0 Å². The lowest BCUT2D eigenvalue weighted by molar-refractivity contribution is 0.0980. The van der Waals surface area contributed by atoms with Crippen molar-refractivity contribution >= 4 is 19.4 Å². The van der Waals surface area contributed by atoms with E-state index in [1.807, 2.05) is 0 Å². The number of anilines is 1. The minimum atomic E-state index is 0. The van der Waals surface area contributed by atoms with Crippen LogP contribution in [0.2, 0.25) is 0 Å². The molecule has 26 heavy (non-hydrogen) atoms. The third-order valence-electron chi connectivity index (χ3n) is 5.12. The van der Waals surface area contributed by atoms with Crippen LogP contribution in [0.25, 0.3) is 11.3 Å². The molecule has 0 saturated carbocycles. The Morgan fingerprint density at radius 2 is 1.88 bits per heavy atom. The Hall–Kier alpha value is -1.63. The molecule has 3 heterocycles. The topological polar surface area (TPSA) is 50.3 Å². The Balaban J connectivity index is 0.00000196. The molecule has 4 rings (SSSR count). The molecule has 1 aromatic heterocycles. The SMILES string of the molecule is Cc1ccc(-c2nc(N3CCOC[C@@H]3C)nc3c2CCNCC3)cc1.S. The van der Waals surface area contributed by atoms with Crippen LogP contribution in [-0.4, -0.2) is 48.9 Å². The van der Waals surface area contributed by atoms with E-state index in [1.54, 1.807) is 0 Å². The van der Waals surface area contributed by atoms with Gasteiger partial charge < -0.3 is 15.0 Å². The first-order chi connectivity index (χ1) is 12.2. The number of nitrogens with one attached hydrogen (secondary N) is 1. The molecule has 0 bridgehead atoms. The number of benzene rings is 1. The lowest BCUT2D eigenvalue weighted by Gasteiger charge is -2.34. The standard InChI is InChI=1S/C20H26N4O.H2S/c1-14-3-5-16(6-4-14)19-17-7-9-21-10-8-18(17)22-20(23-19)24-11-12-25-13-15(24)2;/h3-6,15,21H,7-13H2,1-2H3;1H2/t15-;/m0./s1. The highest BCUT2D eigenvalue weighted by Crippen LogP contribution is 2.29. The number of rotatable bonds is 2. The van der Waals surface area contributed by atoms with Crippen LogP contribution in [0, 0.1) is 6.92 Å². The second-order valence-electron chi connectivity index (χ2n) is 7.03. The number of morpholine rings is 1. The minimum Gasteiger partial charge on any atom is -0.377 e. The lowest BCUT2D eigenvalue weighted by Crippen LogP contribution is -2.44. The summed E-state index contributed by atoms with van der Waals surface area (Å²) in [6, 6.07) is 9.00. The van der Waals surface area contributed by atoms with Gasteiger partial charge in [0.1, 0.15) is 0 Å². The number of hydrogen-bond acceptors (Lipinski definition) is 5. The molecule has 5 nitrogen and oxygen atoms in total. The highest BCUT2D eigenvalue weighted by Gasteiger charge is 2.25. The maximum atomic E-state index is 5.59. The van der Waals surface area contributed by atoms with Gasteiger partial charge in [-0.05, 0) is 26.8 Å². The average Bonchev–Trinajstić information content (AvgIpc) is 2.87. The highest BCUT2D eigenvalue weighted by atomic mass is 32.1. The summed E-state index contributed by atoms with van der Waals surface area (Å²) in [7, 11) is 0. The summed E-state index contributed by atoms with van der Waals surface area (Å²) >= 11 is 0. The molecule has 2 aliphatic heterocycles. The van der Waals surface area contributed by atoms with Crippen molar-refractivity contribution in [1.82, 2.24) is 15.3 Å². The zero-order valence-electron chi connectivity index (χ0n) is 15.6. The first kappa shape index (κ1) is 19.1. The third kappa shape index (κ3) is 3.87. The zero-order chi connectivity index (χ0) is 17.2. The van der Waals surface area contributed by atoms with Crippen LogP contribution >= 0.6 is 13.5 Å². The molecule has 1 saturated heterocycles. The smallest absolute Gasteiger partial charge is 0.226 e. The molecular formula is C20H28N4OS. The molecule has 2 aliphatic rings. The Morgan fingerprint density at radius 3 is 2.65 bits per heavy atom. The van der Waals surface area contributed by atoms with E-state index in [0.29, 0.717) is 6.04 Å². The van der Waals surface area contributed by atoms with Crippen LogP contribution in [0.3, 0.4) is 0 Å². The fourth-order valence-electron chi connectivity index (χ4n) is 3.63. The van der Waals surface area contributed by atoms with Gasteiger partial charge in [0.2, 0.25) is 5.95 Å². The van der Waals surface area contributed by atoms with Crippen molar-refractivity contribution in [1.29, 1.82) is 0 Å². The molecule has 1 N–H and O–H groups in total. The predicted molar refractivity (Wildman–Crippen MR) is 110 cm³/mol.